The number of rotatable bonds is 5. The molecule has 2 aromatic carbocycles. The highest BCUT2D eigenvalue weighted by molar-refractivity contribution is 6.00. The Morgan fingerprint density at radius 1 is 0.926 bits per heavy atom. The second kappa shape index (κ2) is 8.85. The molecule has 0 heterocycles. The van der Waals surface area contributed by atoms with Crippen molar-refractivity contribution < 1.29 is 4.79 Å². The van der Waals surface area contributed by atoms with E-state index < -0.39 is 0 Å². The molecular formula is C23H29N3O. The number of amides is 1. The van der Waals surface area contributed by atoms with E-state index in [-0.39, 0.29) is 5.91 Å². The van der Waals surface area contributed by atoms with E-state index in [1.54, 1.807) is 0 Å². The highest BCUT2D eigenvalue weighted by atomic mass is 16.2. The highest BCUT2D eigenvalue weighted by Crippen LogP contribution is 2.32. The molecule has 0 bridgehead atoms. The summed E-state index contributed by atoms with van der Waals surface area (Å²) >= 11 is 0. The monoisotopic (exact) mass is 363 g/mol. The fourth-order valence-electron chi connectivity index (χ4n) is 3.61. The van der Waals surface area contributed by atoms with Gasteiger partial charge in [0.05, 0.1) is 5.71 Å². The molecule has 27 heavy (non-hydrogen) atoms. The Morgan fingerprint density at radius 3 is 2.11 bits per heavy atom. The third kappa shape index (κ3) is 4.97. The molecule has 0 aromatic heterocycles. The van der Waals surface area contributed by atoms with Crippen LogP contribution in [0.3, 0.4) is 0 Å². The van der Waals surface area contributed by atoms with Crippen molar-refractivity contribution in [2.75, 3.05) is 19.0 Å². The summed E-state index contributed by atoms with van der Waals surface area (Å²) in [5.74, 6) is 0.508. The lowest BCUT2D eigenvalue weighted by atomic mass is 9.84. The summed E-state index contributed by atoms with van der Waals surface area (Å²) < 4.78 is 0. The summed E-state index contributed by atoms with van der Waals surface area (Å²) in [5.41, 5.74) is 7.60. The Hall–Kier alpha value is -2.62. The molecule has 0 aliphatic heterocycles. The Bertz CT molecular complexity index is 785. The average Bonchev–Trinajstić information content (AvgIpc) is 2.72. The largest absolute Gasteiger partial charge is 0.378 e. The zero-order chi connectivity index (χ0) is 19.2. The van der Waals surface area contributed by atoms with Gasteiger partial charge in [-0.15, -0.1) is 0 Å². The molecule has 3 rings (SSSR count). The van der Waals surface area contributed by atoms with E-state index in [1.165, 1.54) is 37.7 Å². The maximum absolute atomic E-state index is 12.3. The van der Waals surface area contributed by atoms with E-state index in [1.807, 2.05) is 50.2 Å². The van der Waals surface area contributed by atoms with Crippen LogP contribution in [-0.2, 0) is 0 Å². The van der Waals surface area contributed by atoms with Crippen molar-refractivity contribution in [3.63, 3.8) is 0 Å². The number of hydrogen-bond donors (Lipinski definition) is 1. The van der Waals surface area contributed by atoms with Crippen LogP contribution in [0.2, 0.25) is 0 Å². The molecule has 0 atom stereocenters. The summed E-state index contributed by atoms with van der Waals surface area (Å²) in [6.45, 7) is 1.92. The summed E-state index contributed by atoms with van der Waals surface area (Å²) in [6, 6.07) is 16.1. The van der Waals surface area contributed by atoms with E-state index in [4.69, 9.17) is 0 Å². The third-order valence-electron chi connectivity index (χ3n) is 5.38. The molecule has 1 saturated carbocycles. The van der Waals surface area contributed by atoms with Crippen LogP contribution in [0.1, 0.15) is 66.4 Å². The Labute approximate surface area is 162 Å². The number of nitrogens with zero attached hydrogens (tertiary/aromatic N) is 2. The topological polar surface area (TPSA) is 44.7 Å². The molecule has 1 aliphatic rings. The second-order valence-corrected chi connectivity index (χ2v) is 7.54. The number of anilines is 1. The van der Waals surface area contributed by atoms with Crippen LogP contribution in [0.5, 0.6) is 0 Å². The standard InChI is InChI=1S/C23H29N3O/c1-17(18-9-11-20(12-10-18)19-7-5-4-6-8-19)24-25-23(27)21-13-15-22(16-14-21)26(2)3/h9-16,19H,4-8H2,1-3H3,(H,25,27)/b24-17+. The number of benzene rings is 2. The summed E-state index contributed by atoms with van der Waals surface area (Å²) in [6.07, 6.45) is 6.66. The first-order chi connectivity index (χ1) is 13.0. The molecule has 1 fully saturated rings. The highest BCUT2D eigenvalue weighted by Gasteiger charge is 2.15. The zero-order valence-corrected chi connectivity index (χ0v) is 16.5. The predicted octanol–water partition coefficient (Wildman–Crippen LogP) is 4.95. The van der Waals surface area contributed by atoms with Crippen LogP contribution in [0.25, 0.3) is 0 Å². The van der Waals surface area contributed by atoms with Gasteiger partial charge in [-0.05, 0) is 61.1 Å². The van der Waals surface area contributed by atoms with Crippen LogP contribution in [0.4, 0.5) is 5.69 Å². The summed E-state index contributed by atoms with van der Waals surface area (Å²) in [5, 5.41) is 4.28. The molecule has 142 valence electrons. The lowest BCUT2D eigenvalue weighted by Crippen LogP contribution is -2.19. The molecule has 2 aromatic rings. The van der Waals surface area contributed by atoms with Gasteiger partial charge in [0.2, 0.25) is 0 Å². The Balaban J connectivity index is 1.61. The van der Waals surface area contributed by atoms with Crippen LogP contribution in [-0.4, -0.2) is 25.7 Å². The number of hydrazone groups is 1. The first-order valence-corrected chi connectivity index (χ1v) is 9.77. The first-order valence-electron chi connectivity index (χ1n) is 9.77. The number of carbonyl (C=O) groups excluding carboxylic acids is 1. The third-order valence-corrected chi connectivity index (χ3v) is 5.38. The van der Waals surface area contributed by atoms with Crippen LogP contribution in [0, 0.1) is 0 Å². The van der Waals surface area contributed by atoms with Crippen molar-refractivity contribution in [2.45, 2.75) is 44.9 Å². The van der Waals surface area contributed by atoms with Gasteiger partial charge in [0.1, 0.15) is 0 Å². The molecule has 4 nitrogen and oxygen atoms in total. The van der Waals surface area contributed by atoms with Crippen molar-refractivity contribution in [2.24, 2.45) is 5.10 Å². The quantitative estimate of drug-likeness (QED) is 0.603. The number of nitrogens with one attached hydrogen (secondary N) is 1. The lowest BCUT2D eigenvalue weighted by molar-refractivity contribution is 0.0955. The Kier molecular flexibility index (Phi) is 6.28. The van der Waals surface area contributed by atoms with Crippen LogP contribution >= 0.6 is 0 Å². The Morgan fingerprint density at radius 2 is 1.52 bits per heavy atom. The lowest BCUT2D eigenvalue weighted by Gasteiger charge is -2.22. The van der Waals surface area contributed by atoms with Crippen molar-refractivity contribution in [1.29, 1.82) is 0 Å². The number of carbonyl (C=O) groups is 1. The van der Waals surface area contributed by atoms with Gasteiger partial charge in [0.25, 0.3) is 5.91 Å². The summed E-state index contributed by atoms with van der Waals surface area (Å²) in [7, 11) is 3.95. The molecule has 1 aliphatic carbocycles. The molecule has 0 saturated heterocycles. The van der Waals surface area contributed by atoms with Gasteiger partial charge in [-0.25, -0.2) is 5.43 Å². The molecule has 0 unspecified atom stereocenters. The van der Waals surface area contributed by atoms with E-state index in [0.29, 0.717) is 11.5 Å². The number of hydrogen-bond acceptors (Lipinski definition) is 3. The summed E-state index contributed by atoms with van der Waals surface area (Å²) in [4.78, 5) is 14.3. The van der Waals surface area contributed by atoms with E-state index in [9.17, 15) is 4.79 Å². The van der Waals surface area contributed by atoms with Gasteiger partial charge in [-0.3, -0.25) is 4.79 Å². The minimum atomic E-state index is -0.196. The van der Waals surface area contributed by atoms with Gasteiger partial charge in [0.15, 0.2) is 0 Å². The maximum atomic E-state index is 12.3. The average molecular weight is 364 g/mol. The van der Waals surface area contributed by atoms with E-state index >= 15 is 0 Å². The molecule has 1 N–H and O–H groups in total. The van der Waals surface area contributed by atoms with Crippen molar-refractivity contribution in [1.82, 2.24) is 5.43 Å². The van der Waals surface area contributed by atoms with Crippen molar-refractivity contribution >= 4 is 17.3 Å². The SMILES string of the molecule is C/C(=N\NC(=O)c1ccc(N(C)C)cc1)c1ccc(C2CCCCC2)cc1. The fraction of sp³-hybridized carbons (Fsp3) is 0.391. The van der Waals surface area contributed by atoms with Crippen LogP contribution in [0.15, 0.2) is 53.6 Å². The molecule has 0 spiro atoms. The normalized spacial score (nSPS) is 15.4. The van der Waals surface area contributed by atoms with Gasteiger partial charge in [-0.1, -0.05) is 43.5 Å². The van der Waals surface area contributed by atoms with Gasteiger partial charge in [0, 0.05) is 25.3 Å². The van der Waals surface area contributed by atoms with E-state index in [0.717, 1.165) is 17.0 Å². The minimum Gasteiger partial charge on any atom is -0.378 e. The van der Waals surface area contributed by atoms with E-state index in [2.05, 4.69) is 34.8 Å². The van der Waals surface area contributed by atoms with Gasteiger partial charge >= 0.3 is 0 Å². The zero-order valence-electron chi connectivity index (χ0n) is 16.5. The van der Waals surface area contributed by atoms with Gasteiger partial charge in [-0.2, -0.15) is 5.10 Å². The first kappa shape index (κ1) is 19.2. The predicted molar refractivity (Wildman–Crippen MR) is 113 cm³/mol. The fourth-order valence-corrected chi connectivity index (χ4v) is 3.61. The minimum absolute atomic E-state index is 0.196. The molecule has 1 amide bonds. The molecule has 4 heteroatoms. The van der Waals surface area contributed by atoms with Crippen molar-refractivity contribution in [3.8, 4) is 0 Å². The maximum Gasteiger partial charge on any atom is 0.271 e. The van der Waals surface area contributed by atoms with Crippen molar-refractivity contribution in [3.05, 3.63) is 65.2 Å². The second-order valence-electron chi connectivity index (χ2n) is 7.54. The molecule has 0 radical (unpaired) electrons. The van der Waals surface area contributed by atoms with Gasteiger partial charge < -0.3 is 4.90 Å². The van der Waals surface area contributed by atoms with Crippen LogP contribution < -0.4 is 10.3 Å². The smallest absolute Gasteiger partial charge is 0.271 e. The molecular weight excluding hydrogens is 334 g/mol.